The molecule has 2 aromatic rings. The van der Waals surface area contributed by atoms with Crippen LogP contribution in [-0.2, 0) is 5.41 Å². The van der Waals surface area contributed by atoms with E-state index in [2.05, 4.69) is 17.5 Å². The summed E-state index contributed by atoms with van der Waals surface area (Å²) in [6.45, 7) is 0.571. The molecular formula is C28H31F2N3O2. The molecule has 5 atom stereocenters. The molecule has 35 heavy (non-hydrogen) atoms. The van der Waals surface area contributed by atoms with Crippen molar-refractivity contribution < 1.29 is 18.7 Å². The largest absolute Gasteiger partial charge is 0.393 e. The molecule has 0 saturated heterocycles. The number of nitriles is 1. The van der Waals surface area contributed by atoms with Crippen LogP contribution in [-0.4, -0.2) is 34.7 Å². The minimum Gasteiger partial charge on any atom is -0.393 e. The molecule has 0 aliphatic heterocycles. The Morgan fingerprint density at radius 2 is 2.00 bits per heavy atom. The van der Waals surface area contributed by atoms with Crippen LogP contribution < -0.4 is 5.32 Å². The van der Waals surface area contributed by atoms with E-state index in [0.717, 1.165) is 63.5 Å². The lowest BCUT2D eigenvalue weighted by atomic mass is 9.80. The molecule has 2 aromatic carbocycles. The number of urea groups is 1. The van der Waals surface area contributed by atoms with E-state index >= 15 is 0 Å². The molecule has 0 radical (unpaired) electrons. The molecule has 0 spiro atoms. The molecule has 3 saturated carbocycles. The second-order valence-electron chi connectivity index (χ2n) is 10.6. The monoisotopic (exact) mass is 479 g/mol. The number of nitrogens with zero attached hydrogens (tertiary/aromatic N) is 2. The Kier molecular flexibility index (Phi) is 6.50. The van der Waals surface area contributed by atoms with Gasteiger partial charge in [-0.3, -0.25) is 0 Å². The molecular weight excluding hydrogens is 448 g/mol. The van der Waals surface area contributed by atoms with Gasteiger partial charge in [0.15, 0.2) is 11.6 Å². The number of benzene rings is 2. The van der Waals surface area contributed by atoms with Gasteiger partial charge < -0.3 is 15.3 Å². The molecule has 0 aromatic heterocycles. The molecule has 5 unspecified atom stereocenters. The number of anilines is 1. The van der Waals surface area contributed by atoms with E-state index in [1.165, 1.54) is 11.6 Å². The highest BCUT2D eigenvalue weighted by Crippen LogP contribution is 2.63. The minimum atomic E-state index is -0.991. The summed E-state index contributed by atoms with van der Waals surface area (Å²) < 4.78 is 27.1. The van der Waals surface area contributed by atoms with Gasteiger partial charge in [0.05, 0.1) is 17.7 Å². The maximum Gasteiger partial charge on any atom is 0.322 e. The third-order valence-corrected chi connectivity index (χ3v) is 8.44. The highest BCUT2D eigenvalue weighted by atomic mass is 19.2. The van der Waals surface area contributed by atoms with Gasteiger partial charge in [0.2, 0.25) is 0 Å². The Bertz CT molecular complexity index is 1150. The number of hydrogen-bond donors (Lipinski definition) is 2. The molecule has 3 aliphatic carbocycles. The van der Waals surface area contributed by atoms with Crippen molar-refractivity contribution in [2.24, 2.45) is 11.8 Å². The van der Waals surface area contributed by atoms with Crippen LogP contribution in [0, 0.1) is 34.8 Å². The molecule has 2 N–H and O–H groups in total. The van der Waals surface area contributed by atoms with Gasteiger partial charge >= 0.3 is 6.03 Å². The molecule has 184 valence electrons. The van der Waals surface area contributed by atoms with Crippen molar-refractivity contribution >= 4 is 11.7 Å². The molecule has 2 amide bonds. The fourth-order valence-electron chi connectivity index (χ4n) is 6.40. The van der Waals surface area contributed by atoms with Gasteiger partial charge in [-0.05, 0) is 98.4 Å². The molecule has 0 heterocycles. The number of fused-ring (bicyclic) bond motifs is 1. The first-order valence-corrected chi connectivity index (χ1v) is 12.6. The number of nitrogens with one attached hydrogen (secondary N) is 1. The zero-order chi connectivity index (χ0) is 24.6. The van der Waals surface area contributed by atoms with Gasteiger partial charge in [-0.15, -0.1) is 0 Å². The Hall–Kier alpha value is -2.98. The van der Waals surface area contributed by atoms with E-state index in [-0.39, 0.29) is 29.3 Å². The van der Waals surface area contributed by atoms with Crippen molar-refractivity contribution in [3.8, 4) is 6.07 Å². The quantitative estimate of drug-likeness (QED) is 0.555. The number of rotatable bonds is 6. The number of hydrogen-bond acceptors (Lipinski definition) is 3. The fourth-order valence-corrected chi connectivity index (χ4v) is 6.40. The van der Waals surface area contributed by atoms with Crippen LogP contribution in [0.2, 0.25) is 0 Å². The predicted molar refractivity (Wildman–Crippen MR) is 129 cm³/mol. The smallest absolute Gasteiger partial charge is 0.322 e. The average Bonchev–Trinajstić information content (AvgIpc) is 3.46. The lowest BCUT2D eigenvalue weighted by molar-refractivity contribution is 0.151. The molecule has 0 bridgehead atoms. The van der Waals surface area contributed by atoms with Gasteiger partial charge in [-0.1, -0.05) is 12.1 Å². The van der Waals surface area contributed by atoms with Crippen LogP contribution in [0.4, 0.5) is 19.3 Å². The maximum atomic E-state index is 13.7. The van der Waals surface area contributed by atoms with Crippen LogP contribution >= 0.6 is 0 Å². The number of carbonyl (C=O) groups excluding carboxylic acids is 1. The summed E-state index contributed by atoms with van der Waals surface area (Å²) in [6.07, 6.45) is 6.85. The topological polar surface area (TPSA) is 76.4 Å². The number of aliphatic hydroxyl groups is 1. The number of amides is 2. The maximum absolute atomic E-state index is 13.7. The van der Waals surface area contributed by atoms with Gasteiger partial charge in [-0.25, -0.2) is 13.6 Å². The van der Waals surface area contributed by atoms with Crippen molar-refractivity contribution in [1.29, 1.82) is 5.26 Å². The summed E-state index contributed by atoms with van der Waals surface area (Å²) in [7, 11) is 0. The van der Waals surface area contributed by atoms with Crippen molar-refractivity contribution in [2.75, 3.05) is 11.9 Å². The van der Waals surface area contributed by atoms with Gasteiger partial charge in [0.1, 0.15) is 0 Å². The third-order valence-electron chi connectivity index (χ3n) is 8.44. The van der Waals surface area contributed by atoms with Crippen LogP contribution in [0.5, 0.6) is 0 Å². The van der Waals surface area contributed by atoms with Crippen LogP contribution in [0.1, 0.15) is 62.5 Å². The molecule has 3 fully saturated rings. The Morgan fingerprint density at radius 3 is 2.71 bits per heavy atom. The summed E-state index contributed by atoms with van der Waals surface area (Å²) in [6, 6.07) is 13.3. The first-order chi connectivity index (χ1) is 16.9. The normalized spacial score (nSPS) is 29.2. The van der Waals surface area contributed by atoms with Gasteiger partial charge in [-0.2, -0.15) is 5.26 Å². The number of carbonyl (C=O) groups is 1. The zero-order valence-electron chi connectivity index (χ0n) is 19.7. The summed E-state index contributed by atoms with van der Waals surface area (Å²) in [4.78, 5) is 15.2. The number of halogens is 2. The SMILES string of the molecule is N#Cc1cccc(C23CCC(N(CCC4CCC(O)C4)C(=O)Nc4ccc(F)c(F)c4)CC2C3)c1. The van der Waals surface area contributed by atoms with E-state index in [1.54, 1.807) is 0 Å². The van der Waals surface area contributed by atoms with Crippen LogP contribution in [0.3, 0.4) is 0 Å². The van der Waals surface area contributed by atoms with E-state index in [4.69, 9.17) is 0 Å². The van der Waals surface area contributed by atoms with E-state index in [9.17, 15) is 23.9 Å². The summed E-state index contributed by atoms with van der Waals surface area (Å²) in [5.41, 5.74) is 2.23. The molecule has 5 nitrogen and oxygen atoms in total. The van der Waals surface area contributed by atoms with E-state index in [0.29, 0.717) is 23.9 Å². The van der Waals surface area contributed by atoms with Gasteiger partial charge in [0, 0.05) is 24.3 Å². The van der Waals surface area contributed by atoms with Gasteiger partial charge in [0.25, 0.3) is 0 Å². The van der Waals surface area contributed by atoms with E-state index < -0.39 is 11.6 Å². The molecule has 7 heteroatoms. The second kappa shape index (κ2) is 9.58. The van der Waals surface area contributed by atoms with Crippen LogP contribution in [0.15, 0.2) is 42.5 Å². The van der Waals surface area contributed by atoms with Crippen molar-refractivity contribution in [3.63, 3.8) is 0 Å². The Morgan fingerprint density at radius 1 is 1.14 bits per heavy atom. The second-order valence-corrected chi connectivity index (χ2v) is 10.6. The standard InChI is InChI=1S/C28H31F2N3O2/c29-25-7-5-22(15-26(25)30)32-27(35)33(11-9-18-4-6-24(34)13-18)23-8-10-28(16-21(28)14-23)20-3-1-2-19(12-20)17-31/h1-3,5,7,12,15,18,21,23-24,34H,4,6,8-11,13-14,16H2,(H,32,35). The van der Waals surface area contributed by atoms with Crippen LogP contribution in [0.25, 0.3) is 0 Å². The minimum absolute atomic E-state index is 0.0615. The summed E-state index contributed by atoms with van der Waals surface area (Å²) >= 11 is 0. The Labute approximate surface area is 204 Å². The first-order valence-electron chi connectivity index (χ1n) is 12.6. The predicted octanol–water partition coefficient (Wildman–Crippen LogP) is 5.73. The lowest BCUT2D eigenvalue weighted by Crippen LogP contribution is -2.46. The van der Waals surface area contributed by atoms with E-state index in [1.807, 2.05) is 23.1 Å². The third kappa shape index (κ3) is 4.90. The fraction of sp³-hybridized carbons (Fsp3) is 0.500. The Balaban J connectivity index is 1.29. The van der Waals surface area contributed by atoms with Crippen molar-refractivity contribution in [1.82, 2.24) is 4.90 Å². The number of aliphatic hydroxyl groups excluding tert-OH is 1. The lowest BCUT2D eigenvalue weighted by Gasteiger charge is -2.37. The highest BCUT2D eigenvalue weighted by molar-refractivity contribution is 5.89. The average molecular weight is 480 g/mol. The highest BCUT2D eigenvalue weighted by Gasteiger charge is 2.58. The summed E-state index contributed by atoms with van der Waals surface area (Å²) in [5, 5.41) is 22.0. The zero-order valence-corrected chi connectivity index (χ0v) is 19.7. The first kappa shape index (κ1) is 23.7. The molecule has 3 aliphatic rings. The summed E-state index contributed by atoms with van der Waals surface area (Å²) in [5.74, 6) is -1.09. The molecule has 5 rings (SSSR count). The van der Waals surface area contributed by atoms with Crippen molar-refractivity contribution in [2.45, 2.75) is 68.9 Å². The van der Waals surface area contributed by atoms with Crippen molar-refractivity contribution in [3.05, 3.63) is 65.2 Å².